The van der Waals surface area contributed by atoms with Crippen LogP contribution in [0.3, 0.4) is 0 Å². The minimum absolute atomic E-state index is 0.0398. The average molecular weight is 314 g/mol. The summed E-state index contributed by atoms with van der Waals surface area (Å²) in [4.78, 5) is 19.4. The van der Waals surface area contributed by atoms with Crippen molar-refractivity contribution >= 4 is 11.7 Å². The second-order valence-corrected chi connectivity index (χ2v) is 7.91. The fraction of sp³-hybridized carbons (Fsp3) is 0.667. The van der Waals surface area contributed by atoms with Gasteiger partial charge in [0.1, 0.15) is 0 Å². The molecule has 0 radical (unpaired) electrons. The summed E-state index contributed by atoms with van der Waals surface area (Å²) in [7, 11) is 0. The Morgan fingerprint density at radius 2 is 2.30 bits per heavy atom. The first-order chi connectivity index (χ1) is 11.0. The molecule has 1 aromatic heterocycles. The number of fused-ring (bicyclic) bond motifs is 2. The highest BCUT2D eigenvalue weighted by Gasteiger charge is 2.50. The quantitative estimate of drug-likeness (QED) is 0.838. The van der Waals surface area contributed by atoms with Crippen LogP contribution in [0.25, 0.3) is 0 Å². The van der Waals surface area contributed by atoms with Crippen molar-refractivity contribution in [2.24, 2.45) is 11.3 Å². The van der Waals surface area contributed by atoms with Crippen molar-refractivity contribution in [2.75, 3.05) is 18.4 Å². The first kappa shape index (κ1) is 14.9. The van der Waals surface area contributed by atoms with Crippen molar-refractivity contribution in [3.8, 4) is 0 Å². The lowest BCUT2D eigenvalue weighted by molar-refractivity contribution is 0.202. The fourth-order valence-corrected chi connectivity index (χ4v) is 4.73. The third kappa shape index (κ3) is 2.61. The van der Waals surface area contributed by atoms with Crippen molar-refractivity contribution in [2.45, 2.75) is 52.1 Å². The third-order valence-electron chi connectivity index (χ3n) is 5.89. The molecule has 0 aromatic carbocycles. The second kappa shape index (κ2) is 5.48. The number of amides is 2. The van der Waals surface area contributed by atoms with Crippen LogP contribution >= 0.6 is 0 Å². The molecule has 1 aliphatic carbocycles. The molecule has 124 valence electrons. The number of nitrogens with zero attached hydrogens (tertiary/aromatic N) is 2. The number of pyridine rings is 1. The number of nitrogens with one attached hydrogen (secondary N) is 2. The lowest BCUT2D eigenvalue weighted by atomic mass is 9.80. The highest BCUT2D eigenvalue weighted by molar-refractivity contribution is 5.89. The Bertz CT molecular complexity index is 627. The number of carbonyl (C=O) groups excluding carboxylic acids is 1. The molecule has 0 spiro atoms. The maximum atomic E-state index is 12.8. The number of likely N-dealkylation sites (tertiary alicyclic amines) is 1. The molecule has 23 heavy (non-hydrogen) atoms. The average Bonchev–Trinajstić information content (AvgIpc) is 3.10. The fourth-order valence-electron chi connectivity index (χ4n) is 4.73. The van der Waals surface area contributed by atoms with E-state index in [1.165, 1.54) is 18.4 Å². The maximum Gasteiger partial charge on any atom is 0.322 e. The predicted octanol–water partition coefficient (Wildman–Crippen LogP) is 2.77. The maximum absolute atomic E-state index is 12.8. The van der Waals surface area contributed by atoms with Crippen molar-refractivity contribution in [1.29, 1.82) is 0 Å². The van der Waals surface area contributed by atoms with E-state index in [1.807, 2.05) is 0 Å². The first-order valence-electron chi connectivity index (χ1n) is 8.81. The van der Waals surface area contributed by atoms with Gasteiger partial charge in [-0.25, -0.2) is 4.79 Å². The van der Waals surface area contributed by atoms with E-state index in [-0.39, 0.29) is 11.4 Å². The van der Waals surface area contributed by atoms with Crippen LogP contribution in [0, 0.1) is 11.3 Å². The van der Waals surface area contributed by atoms with Crippen molar-refractivity contribution in [1.82, 2.24) is 15.2 Å². The van der Waals surface area contributed by atoms with Crippen LogP contribution in [0.4, 0.5) is 10.5 Å². The second-order valence-electron chi connectivity index (χ2n) is 7.91. The summed E-state index contributed by atoms with van der Waals surface area (Å²) in [5, 5.41) is 6.44. The standard InChI is InChI=1S/C18H26N4O/c1-18(2)11-22(16-5-3-4-14(16)18)17(23)21-13-8-12-9-19-7-6-15(12)20-10-13/h8,10,14,16,19H,3-7,9,11H2,1-2H3,(H,21,23)/t14-,16+/m0/s1. The van der Waals surface area contributed by atoms with E-state index in [2.05, 4.69) is 40.4 Å². The Hall–Kier alpha value is -1.62. The number of carbonyl (C=O) groups is 1. The molecule has 1 aromatic rings. The van der Waals surface area contributed by atoms with E-state index in [9.17, 15) is 4.79 Å². The van der Waals surface area contributed by atoms with Gasteiger partial charge in [0.25, 0.3) is 0 Å². The minimum atomic E-state index is 0.0398. The zero-order chi connectivity index (χ0) is 16.0. The number of hydrogen-bond donors (Lipinski definition) is 2. The highest BCUT2D eigenvalue weighted by atomic mass is 16.2. The Kier molecular flexibility index (Phi) is 3.56. The molecular formula is C18H26N4O. The van der Waals surface area contributed by atoms with Crippen molar-refractivity contribution < 1.29 is 4.79 Å². The Labute approximate surface area is 137 Å². The Morgan fingerprint density at radius 1 is 1.43 bits per heavy atom. The monoisotopic (exact) mass is 314 g/mol. The van der Waals surface area contributed by atoms with Crippen molar-refractivity contribution in [3.63, 3.8) is 0 Å². The van der Waals surface area contributed by atoms with Gasteiger partial charge in [0.2, 0.25) is 0 Å². The molecular weight excluding hydrogens is 288 g/mol. The lowest BCUT2D eigenvalue weighted by Gasteiger charge is -2.24. The van der Waals surface area contributed by atoms with E-state index in [0.717, 1.165) is 43.9 Å². The van der Waals surface area contributed by atoms with Crippen molar-refractivity contribution in [3.05, 3.63) is 23.5 Å². The molecule has 0 unspecified atom stereocenters. The molecule has 2 amide bonds. The highest BCUT2D eigenvalue weighted by Crippen LogP contribution is 2.48. The van der Waals surface area contributed by atoms with Crippen LogP contribution < -0.4 is 10.6 Å². The summed E-state index contributed by atoms with van der Waals surface area (Å²) in [6, 6.07) is 2.52. The normalized spacial score (nSPS) is 28.3. The zero-order valence-corrected chi connectivity index (χ0v) is 14.1. The number of hydrogen-bond acceptors (Lipinski definition) is 3. The lowest BCUT2D eigenvalue weighted by Crippen LogP contribution is -2.39. The molecule has 3 heterocycles. The van der Waals surface area contributed by atoms with Crippen LogP contribution in [-0.2, 0) is 13.0 Å². The van der Waals surface area contributed by atoms with Gasteiger partial charge >= 0.3 is 6.03 Å². The topological polar surface area (TPSA) is 57.3 Å². The van der Waals surface area contributed by atoms with Crippen LogP contribution in [0.15, 0.2) is 12.3 Å². The van der Waals surface area contributed by atoms with E-state index < -0.39 is 0 Å². The van der Waals surface area contributed by atoms with Crippen LogP contribution in [0.5, 0.6) is 0 Å². The van der Waals surface area contributed by atoms with Gasteiger partial charge in [0.05, 0.1) is 11.9 Å². The van der Waals surface area contributed by atoms with Gasteiger partial charge in [-0.2, -0.15) is 0 Å². The summed E-state index contributed by atoms with van der Waals surface area (Å²) in [5.74, 6) is 0.652. The number of aromatic nitrogens is 1. The molecule has 2 aliphatic heterocycles. The van der Waals surface area contributed by atoms with E-state index in [4.69, 9.17) is 0 Å². The predicted molar refractivity (Wildman–Crippen MR) is 90.3 cm³/mol. The molecule has 5 heteroatoms. The van der Waals surface area contributed by atoms with Gasteiger partial charge < -0.3 is 15.5 Å². The molecule has 1 saturated carbocycles. The summed E-state index contributed by atoms with van der Waals surface area (Å²) in [6.45, 7) is 7.28. The van der Waals surface area contributed by atoms with E-state index in [0.29, 0.717) is 12.0 Å². The molecule has 2 atom stereocenters. The molecule has 1 saturated heterocycles. The van der Waals surface area contributed by atoms with Gasteiger partial charge in [-0.05, 0) is 35.8 Å². The molecule has 5 nitrogen and oxygen atoms in total. The van der Waals surface area contributed by atoms with Gasteiger partial charge in [-0.3, -0.25) is 4.98 Å². The third-order valence-corrected chi connectivity index (χ3v) is 5.89. The summed E-state index contributed by atoms with van der Waals surface area (Å²) < 4.78 is 0. The molecule has 3 aliphatic rings. The van der Waals surface area contributed by atoms with E-state index >= 15 is 0 Å². The van der Waals surface area contributed by atoms with Crippen LogP contribution in [0.1, 0.15) is 44.4 Å². The largest absolute Gasteiger partial charge is 0.322 e. The van der Waals surface area contributed by atoms with Gasteiger partial charge in [0.15, 0.2) is 0 Å². The van der Waals surface area contributed by atoms with Gasteiger partial charge in [0, 0.05) is 37.8 Å². The number of urea groups is 1. The number of anilines is 1. The van der Waals surface area contributed by atoms with Gasteiger partial charge in [-0.15, -0.1) is 0 Å². The zero-order valence-electron chi connectivity index (χ0n) is 14.1. The molecule has 0 bridgehead atoms. The van der Waals surface area contributed by atoms with E-state index in [1.54, 1.807) is 6.20 Å². The Balaban J connectivity index is 1.50. The first-order valence-corrected chi connectivity index (χ1v) is 8.81. The number of rotatable bonds is 1. The minimum Gasteiger partial charge on any atom is -0.321 e. The van der Waals surface area contributed by atoms with Crippen LogP contribution in [0.2, 0.25) is 0 Å². The summed E-state index contributed by atoms with van der Waals surface area (Å²) >= 11 is 0. The summed E-state index contributed by atoms with van der Waals surface area (Å²) in [6.07, 6.45) is 6.42. The molecule has 4 rings (SSSR count). The summed E-state index contributed by atoms with van der Waals surface area (Å²) in [5.41, 5.74) is 3.41. The molecule has 2 fully saturated rings. The van der Waals surface area contributed by atoms with Crippen LogP contribution in [-0.4, -0.2) is 35.0 Å². The SMILES string of the molecule is CC1(C)CN(C(=O)Nc2cnc3c(c2)CNCC3)[C@@H]2CCC[C@@H]21. The van der Waals surface area contributed by atoms with Gasteiger partial charge in [-0.1, -0.05) is 20.3 Å². The Morgan fingerprint density at radius 3 is 3.17 bits per heavy atom. The smallest absolute Gasteiger partial charge is 0.321 e. The molecule has 2 N–H and O–H groups in total.